The van der Waals surface area contributed by atoms with E-state index in [4.69, 9.17) is 4.74 Å². The van der Waals surface area contributed by atoms with Crippen molar-refractivity contribution in [3.63, 3.8) is 0 Å². The third-order valence-corrected chi connectivity index (χ3v) is 4.51. The quantitative estimate of drug-likeness (QED) is 0.617. The molecule has 1 N–H and O–H groups in total. The maximum Gasteiger partial charge on any atom is 0.337 e. The van der Waals surface area contributed by atoms with Gasteiger partial charge >= 0.3 is 5.97 Å². The zero-order valence-corrected chi connectivity index (χ0v) is 16.4. The topological polar surface area (TPSA) is 64.6 Å². The summed E-state index contributed by atoms with van der Waals surface area (Å²) in [5.74, 6) is -0.160. The Morgan fingerprint density at radius 1 is 0.793 bits per heavy atom. The lowest BCUT2D eigenvalue weighted by molar-refractivity contribution is -0.127. The molecule has 29 heavy (non-hydrogen) atoms. The number of esters is 1. The first-order chi connectivity index (χ1) is 14.1. The minimum atomic E-state index is -0.714. The molecule has 1 amide bonds. The Balaban J connectivity index is 1.71. The number of nitrogens with one attached hydrogen (secondary N) is 1. The third-order valence-electron chi connectivity index (χ3n) is 4.51. The summed E-state index contributed by atoms with van der Waals surface area (Å²) in [4.78, 5) is 24.3. The van der Waals surface area contributed by atoms with Crippen molar-refractivity contribution in [2.75, 3.05) is 7.11 Å². The molecule has 0 unspecified atom stereocenters. The number of hydrogen-bond donors (Lipinski definition) is 1. The second-order valence-electron chi connectivity index (χ2n) is 6.54. The van der Waals surface area contributed by atoms with Gasteiger partial charge in [-0.2, -0.15) is 0 Å². The Morgan fingerprint density at radius 2 is 1.31 bits per heavy atom. The number of ether oxygens (including phenoxy) is 2. The van der Waals surface area contributed by atoms with E-state index in [1.807, 2.05) is 60.7 Å². The fourth-order valence-corrected chi connectivity index (χ4v) is 2.95. The van der Waals surface area contributed by atoms with E-state index in [0.717, 1.165) is 11.1 Å². The number of rotatable bonds is 7. The van der Waals surface area contributed by atoms with Crippen LogP contribution in [-0.2, 0) is 9.53 Å². The van der Waals surface area contributed by atoms with E-state index < -0.39 is 12.1 Å². The SMILES string of the molecule is COC(=O)c1ccc(O[C@H](C)C(=O)NC(c2ccccc2)c2ccccc2)cc1. The molecule has 0 saturated heterocycles. The van der Waals surface area contributed by atoms with Crippen molar-refractivity contribution < 1.29 is 19.1 Å². The molecule has 0 aliphatic rings. The molecular weight excluding hydrogens is 366 g/mol. The predicted molar refractivity (Wildman–Crippen MR) is 111 cm³/mol. The highest BCUT2D eigenvalue weighted by atomic mass is 16.5. The van der Waals surface area contributed by atoms with Gasteiger partial charge in [0.2, 0.25) is 0 Å². The minimum Gasteiger partial charge on any atom is -0.481 e. The van der Waals surface area contributed by atoms with Gasteiger partial charge in [0.05, 0.1) is 18.7 Å². The molecule has 0 bridgehead atoms. The molecule has 3 aromatic rings. The fraction of sp³-hybridized carbons (Fsp3) is 0.167. The van der Waals surface area contributed by atoms with E-state index >= 15 is 0 Å². The summed E-state index contributed by atoms with van der Waals surface area (Å²) in [7, 11) is 1.33. The molecule has 0 aliphatic heterocycles. The summed E-state index contributed by atoms with van der Waals surface area (Å²) >= 11 is 0. The van der Waals surface area contributed by atoms with Gasteiger partial charge < -0.3 is 14.8 Å². The lowest BCUT2D eigenvalue weighted by Gasteiger charge is -2.22. The van der Waals surface area contributed by atoms with Crippen LogP contribution in [-0.4, -0.2) is 25.1 Å². The molecule has 0 aliphatic carbocycles. The van der Waals surface area contributed by atoms with Crippen molar-refractivity contribution in [1.29, 1.82) is 0 Å². The molecule has 0 saturated carbocycles. The molecule has 3 rings (SSSR count). The molecule has 0 spiro atoms. The number of hydrogen-bond acceptors (Lipinski definition) is 4. The Morgan fingerprint density at radius 3 is 1.79 bits per heavy atom. The van der Waals surface area contributed by atoms with Crippen LogP contribution in [0.15, 0.2) is 84.9 Å². The smallest absolute Gasteiger partial charge is 0.337 e. The summed E-state index contributed by atoms with van der Waals surface area (Å²) < 4.78 is 10.4. The van der Waals surface area contributed by atoms with Crippen molar-refractivity contribution in [2.45, 2.75) is 19.1 Å². The minimum absolute atomic E-state index is 0.236. The van der Waals surface area contributed by atoms with E-state index in [1.165, 1.54) is 7.11 Å². The molecule has 0 radical (unpaired) electrons. The van der Waals surface area contributed by atoms with E-state index in [2.05, 4.69) is 10.1 Å². The van der Waals surface area contributed by atoms with Gasteiger partial charge in [-0.15, -0.1) is 0 Å². The van der Waals surface area contributed by atoms with E-state index in [-0.39, 0.29) is 11.9 Å². The predicted octanol–water partition coefficient (Wildman–Crippen LogP) is 4.15. The molecule has 3 aromatic carbocycles. The average Bonchev–Trinajstić information content (AvgIpc) is 2.78. The molecule has 0 heterocycles. The Labute approximate surface area is 170 Å². The van der Waals surface area contributed by atoms with E-state index in [9.17, 15) is 9.59 Å². The summed E-state index contributed by atoms with van der Waals surface area (Å²) in [6.45, 7) is 1.69. The Bertz CT molecular complexity index is 900. The highest BCUT2D eigenvalue weighted by Gasteiger charge is 2.21. The summed E-state index contributed by atoms with van der Waals surface area (Å²) in [6.07, 6.45) is -0.714. The van der Waals surface area contributed by atoms with E-state index in [0.29, 0.717) is 11.3 Å². The molecule has 1 atom stereocenters. The molecule has 0 fully saturated rings. The normalized spacial score (nSPS) is 11.6. The Kier molecular flexibility index (Phi) is 6.63. The van der Waals surface area contributed by atoms with Crippen molar-refractivity contribution in [3.05, 3.63) is 102 Å². The molecule has 148 valence electrons. The number of benzene rings is 3. The zero-order chi connectivity index (χ0) is 20.6. The van der Waals surface area contributed by atoms with Gasteiger partial charge in [-0.1, -0.05) is 60.7 Å². The summed E-state index contributed by atoms with van der Waals surface area (Å²) in [5, 5.41) is 3.07. The number of carbonyl (C=O) groups excluding carboxylic acids is 2. The maximum atomic E-state index is 12.8. The Hall–Kier alpha value is -3.60. The van der Waals surface area contributed by atoms with Crippen LogP contribution in [0.4, 0.5) is 0 Å². The number of methoxy groups -OCH3 is 1. The lowest BCUT2D eigenvalue weighted by Crippen LogP contribution is -2.39. The highest BCUT2D eigenvalue weighted by molar-refractivity contribution is 5.89. The van der Waals surface area contributed by atoms with Crippen molar-refractivity contribution in [1.82, 2.24) is 5.32 Å². The fourth-order valence-electron chi connectivity index (χ4n) is 2.95. The zero-order valence-electron chi connectivity index (χ0n) is 16.4. The summed E-state index contributed by atoms with van der Waals surface area (Å²) in [5.41, 5.74) is 2.40. The number of carbonyl (C=O) groups is 2. The summed E-state index contributed by atoms with van der Waals surface area (Å²) in [6, 6.07) is 25.8. The van der Waals surface area contributed by atoms with Crippen molar-refractivity contribution in [2.24, 2.45) is 0 Å². The van der Waals surface area contributed by atoms with Gasteiger partial charge in [0.15, 0.2) is 6.10 Å². The molecule has 5 heteroatoms. The standard InChI is InChI=1S/C24H23NO4/c1-17(29-21-15-13-20(14-16-21)24(27)28-2)23(26)25-22(18-9-5-3-6-10-18)19-11-7-4-8-12-19/h3-17,22H,1-2H3,(H,25,26)/t17-/m1/s1. The van der Waals surface area contributed by atoms with Gasteiger partial charge in [-0.25, -0.2) is 4.79 Å². The van der Waals surface area contributed by atoms with Crippen LogP contribution in [0.1, 0.15) is 34.5 Å². The van der Waals surface area contributed by atoms with Gasteiger partial charge in [0.25, 0.3) is 5.91 Å². The largest absolute Gasteiger partial charge is 0.481 e. The van der Waals surface area contributed by atoms with Crippen LogP contribution >= 0.6 is 0 Å². The third kappa shape index (κ3) is 5.23. The number of amides is 1. The first-order valence-corrected chi connectivity index (χ1v) is 9.34. The van der Waals surface area contributed by atoms with Crippen LogP contribution in [0.25, 0.3) is 0 Å². The molecule has 5 nitrogen and oxygen atoms in total. The average molecular weight is 389 g/mol. The van der Waals surface area contributed by atoms with Crippen LogP contribution < -0.4 is 10.1 Å². The van der Waals surface area contributed by atoms with Gasteiger partial charge in [0.1, 0.15) is 5.75 Å². The van der Waals surface area contributed by atoms with Crippen molar-refractivity contribution in [3.8, 4) is 5.75 Å². The highest BCUT2D eigenvalue weighted by Crippen LogP contribution is 2.22. The lowest BCUT2D eigenvalue weighted by atomic mass is 9.98. The van der Waals surface area contributed by atoms with Gasteiger partial charge in [0, 0.05) is 0 Å². The first-order valence-electron chi connectivity index (χ1n) is 9.34. The molecular formula is C24H23NO4. The van der Waals surface area contributed by atoms with Crippen LogP contribution in [0, 0.1) is 0 Å². The van der Waals surface area contributed by atoms with Crippen LogP contribution in [0.2, 0.25) is 0 Å². The second kappa shape index (κ2) is 9.55. The maximum absolute atomic E-state index is 12.8. The van der Waals surface area contributed by atoms with Gasteiger partial charge in [-0.3, -0.25) is 4.79 Å². The second-order valence-corrected chi connectivity index (χ2v) is 6.54. The van der Waals surface area contributed by atoms with E-state index in [1.54, 1.807) is 31.2 Å². The first kappa shape index (κ1) is 20.1. The molecule has 0 aromatic heterocycles. The van der Waals surface area contributed by atoms with Gasteiger partial charge in [-0.05, 0) is 42.3 Å². The van der Waals surface area contributed by atoms with Crippen LogP contribution in [0.3, 0.4) is 0 Å². The van der Waals surface area contributed by atoms with Crippen molar-refractivity contribution >= 4 is 11.9 Å². The van der Waals surface area contributed by atoms with Crippen LogP contribution in [0.5, 0.6) is 5.75 Å². The monoisotopic (exact) mass is 389 g/mol.